The van der Waals surface area contributed by atoms with Crippen molar-refractivity contribution in [2.45, 2.75) is 31.9 Å². The van der Waals surface area contributed by atoms with Gasteiger partial charge in [0.25, 0.3) is 0 Å². The number of benzene rings is 1. The molecule has 0 spiro atoms. The second-order valence-corrected chi connectivity index (χ2v) is 6.55. The first-order chi connectivity index (χ1) is 11.1. The summed E-state index contributed by atoms with van der Waals surface area (Å²) in [4.78, 5) is 14.2. The Morgan fingerprint density at radius 2 is 2.04 bits per heavy atom. The van der Waals surface area contributed by atoms with Gasteiger partial charge in [0.05, 0.1) is 12.1 Å². The molecule has 2 N–H and O–H groups in total. The fourth-order valence-corrected chi connectivity index (χ4v) is 3.04. The molecule has 0 aromatic heterocycles. The van der Waals surface area contributed by atoms with E-state index in [1.54, 1.807) is 0 Å². The molecule has 1 aliphatic heterocycles. The molecule has 0 aliphatic carbocycles. The third-order valence-corrected chi connectivity index (χ3v) is 4.41. The van der Waals surface area contributed by atoms with Crippen LogP contribution in [0.3, 0.4) is 0 Å². The van der Waals surface area contributed by atoms with Gasteiger partial charge >= 0.3 is 6.03 Å². The molecule has 0 radical (unpaired) electrons. The SMILES string of the molecule is C[C@@H]1C[C@@H](CNC(=O)NC[C@@H](c2ccccc2)N(C)C)CCO1. The Bertz CT molecular complexity index is 478. The highest BCUT2D eigenvalue weighted by Gasteiger charge is 2.20. The van der Waals surface area contributed by atoms with Crippen molar-refractivity contribution < 1.29 is 9.53 Å². The van der Waals surface area contributed by atoms with Crippen molar-refractivity contribution in [3.63, 3.8) is 0 Å². The molecule has 1 aromatic carbocycles. The summed E-state index contributed by atoms with van der Waals surface area (Å²) in [5.74, 6) is 0.517. The van der Waals surface area contributed by atoms with Crippen molar-refractivity contribution in [1.82, 2.24) is 15.5 Å². The van der Waals surface area contributed by atoms with Gasteiger partial charge in [0.2, 0.25) is 0 Å². The fraction of sp³-hybridized carbons (Fsp3) is 0.611. The third-order valence-electron chi connectivity index (χ3n) is 4.41. The number of nitrogens with one attached hydrogen (secondary N) is 2. The molecule has 23 heavy (non-hydrogen) atoms. The molecule has 1 fully saturated rings. The summed E-state index contributed by atoms with van der Waals surface area (Å²) >= 11 is 0. The van der Waals surface area contributed by atoms with Crippen molar-refractivity contribution in [3.8, 4) is 0 Å². The van der Waals surface area contributed by atoms with E-state index in [1.807, 2.05) is 32.3 Å². The van der Waals surface area contributed by atoms with Crippen molar-refractivity contribution in [2.75, 3.05) is 33.8 Å². The predicted molar refractivity (Wildman–Crippen MR) is 92.4 cm³/mol. The van der Waals surface area contributed by atoms with E-state index in [9.17, 15) is 4.79 Å². The first-order valence-electron chi connectivity index (χ1n) is 8.41. The number of amides is 2. The number of carbonyl (C=O) groups excluding carboxylic acids is 1. The van der Waals surface area contributed by atoms with Crippen LogP contribution in [-0.2, 0) is 4.74 Å². The molecule has 1 saturated heterocycles. The van der Waals surface area contributed by atoms with Crippen molar-refractivity contribution in [3.05, 3.63) is 35.9 Å². The molecule has 2 rings (SSSR count). The minimum absolute atomic E-state index is 0.0908. The Balaban J connectivity index is 1.76. The van der Waals surface area contributed by atoms with Crippen LogP contribution in [0.25, 0.3) is 0 Å². The number of ether oxygens (including phenoxy) is 1. The third kappa shape index (κ3) is 5.84. The van der Waals surface area contributed by atoms with Crippen LogP contribution < -0.4 is 10.6 Å². The zero-order valence-corrected chi connectivity index (χ0v) is 14.4. The lowest BCUT2D eigenvalue weighted by molar-refractivity contribution is 0.00346. The summed E-state index contributed by atoms with van der Waals surface area (Å²) < 4.78 is 5.54. The number of likely N-dealkylation sites (N-methyl/N-ethyl adjacent to an activating group) is 1. The molecule has 1 heterocycles. The summed E-state index contributed by atoms with van der Waals surface area (Å²) in [5.41, 5.74) is 1.20. The van der Waals surface area contributed by atoms with Crippen LogP contribution in [0.2, 0.25) is 0 Å². The van der Waals surface area contributed by atoms with Gasteiger partial charge in [-0.25, -0.2) is 4.79 Å². The maximum atomic E-state index is 12.1. The predicted octanol–water partition coefficient (Wildman–Crippen LogP) is 2.40. The summed E-state index contributed by atoms with van der Waals surface area (Å²) in [6.45, 7) is 4.20. The highest BCUT2D eigenvalue weighted by molar-refractivity contribution is 5.73. The van der Waals surface area contributed by atoms with E-state index in [0.29, 0.717) is 18.6 Å². The summed E-state index contributed by atoms with van der Waals surface area (Å²) in [5, 5.41) is 5.98. The van der Waals surface area contributed by atoms with Gasteiger partial charge in [0.15, 0.2) is 0 Å². The Labute approximate surface area is 139 Å². The second-order valence-electron chi connectivity index (χ2n) is 6.55. The van der Waals surface area contributed by atoms with Gasteiger partial charge in [0, 0.05) is 19.7 Å². The molecule has 0 saturated carbocycles. The number of rotatable bonds is 6. The van der Waals surface area contributed by atoms with Gasteiger partial charge in [-0.1, -0.05) is 30.3 Å². The van der Waals surface area contributed by atoms with Gasteiger partial charge in [-0.15, -0.1) is 0 Å². The van der Waals surface area contributed by atoms with Gasteiger partial charge in [-0.05, 0) is 45.3 Å². The van der Waals surface area contributed by atoms with Crippen LogP contribution in [0.15, 0.2) is 30.3 Å². The molecule has 3 atom stereocenters. The highest BCUT2D eigenvalue weighted by atomic mass is 16.5. The summed E-state index contributed by atoms with van der Waals surface area (Å²) in [6.07, 6.45) is 2.34. The van der Waals surface area contributed by atoms with E-state index in [4.69, 9.17) is 4.74 Å². The second kappa shape index (κ2) is 8.89. The molecule has 2 amide bonds. The number of urea groups is 1. The molecule has 1 aromatic rings. The summed E-state index contributed by atoms with van der Waals surface area (Å²) in [7, 11) is 4.06. The lowest BCUT2D eigenvalue weighted by Gasteiger charge is -2.28. The Morgan fingerprint density at radius 1 is 1.30 bits per heavy atom. The maximum absolute atomic E-state index is 12.1. The Hall–Kier alpha value is -1.59. The molecule has 128 valence electrons. The smallest absolute Gasteiger partial charge is 0.314 e. The average molecular weight is 319 g/mol. The lowest BCUT2D eigenvalue weighted by atomic mass is 9.96. The number of hydrogen-bond donors (Lipinski definition) is 2. The molecule has 0 bridgehead atoms. The van der Waals surface area contributed by atoms with Crippen LogP contribution in [0.4, 0.5) is 4.79 Å². The van der Waals surface area contributed by atoms with Crippen LogP contribution in [-0.4, -0.2) is 50.8 Å². The fourth-order valence-electron chi connectivity index (χ4n) is 3.04. The van der Waals surface area contributed by atoms with Crippen molar-refractivity contribution >= 4 is 6.03 Å². The van der Waals surface area contributed by atoms with Crippen LogP contribution >= 0.6 is 0 Å². The minimum atomic E-state index is -0.0908. The van der Waals surface area contributed by atoms with E-state index in [0.717, 1.165) is 26.0 Å². The Kier molecular flexibility index (Phi) is 6.86. The van der Waals surface area contributed by atoms with E-state index in [1.165, 1.54) is 5.56 Å². The van der Waals surface area contributed by atoms with Gasteiger partial charge < -0.3 is 20.3 Å². The first-order valence-corrected chi connectivity index (χ1v) is 8.41. The van der Waals surface area contributed by atoms with Crippen LogP contribution in [0.5, 0.6) is 0 Å². The number of nitrogens with zero attached hydrogens (tertiary/aromatic N) is 1. The van der Waals surface area contributed by atoms with E-state index in [-0.39, 0.29) is 12.1 Å². The summed E-state index contributed by atoms with van der Waals surface area (Å²) in [6, 6.07) is 10.3. The lowest BCUT2D eigenvalue weighted by Crippen LogP contribution is -2.43. The zero-order valence-electron chi connectivity index (χ0n) is 14.4. The normalized spacial score (nSPS) is 22.6. The Morgan fingerprint density at radius 3 is 2.70 bits per heavy atom. The topological polar surface area (TPSA) is 53.6 Å². The number of carbonyl (C=O) groups is 1. The largest absolute Gasteiger partial charge is 0.378 e. The zero-order chi connectivity index (χ0) is 16.7. The highest BCUT2D eigenvalue weighted by Crippen LogP contribution is 2.19. The maximum Gasteiger partial charge on any atom is 0.314 e. The number of hydrogen-bond acceptors (Lipinski definition) is 3. The van der Waals surface area contributed by atoms with Crippen molar-refractivity contribution in [2.24, 2.45) is 5.92 Å². The minimum Gasteiger partial charge on any atom is -0.378 e. The van der Waals surface area contributed by atoms with Crippen LogP contribution in [0, 0.1) is 5.92 Å². The quantitative estimate of drug-likeness (QED) is 0.846. The van der Waals surface area contributed by atoms with E-state index >= 15 is 0 Å². The standard InChI is InChI=1S/C18H29N3O2/c1-14-11-15(9-10-23-14)12-19-18(22)20-13-17(21(2)3)16-7-5-4-6-8-16/h4-8,14-15,17H,9-13H2,1-3H3,(H2,19,20,22)/t14-,15+,17+/m1/s1. The van der Waals surface area contributed by atoms with E-state index < -0.39 is 0 Å². The van der Waals surface area contributed by atoms with Gasteiger partial charge in [-0.2, -0.15) is 0 Å². The average Bonchev–Trinajstić information content (AvgIpc) is 2.54. The molecule has 1 aliphatic rings. The molecule has 5 heteroatoms. The van der Waals surface area contributed by atoms with Gasteiger partial charge in [0.1, 0.15) is 0 Å². The molecular formula is C18H29N3O2. The molecule has 0 unspecified atom stereocenters. The first kappa shape index (κ1) is 17.8. The molecule has 5 nitrogen and oxygen atoms in total. The van der Waals surface area contributed by atoms with Crippen LogP contribution in [0.1, 0.15) is 31.4 Å². The molecular weight excluding hydrogens is 290 g/mol. The van der Waals surface area contributed by atoms with Gasteiger partial charge in [-0.3, -0.25) is 0 Å². The van der Waals surface area contributed by atoms with Crippen molar-refractivity contribution in [1.29, 1.82) is 0 Å². The monoisotopic (exact) mass is 319 g/mol. The van der Waals surface area contributed by atoms with E-state index in [2.05, 4.69) is 34.6 Å².